The molecule has 0 bridgehead atoms. The van der Waals surface area contributed by atoms with Gasteiger partial charge in [-0.3, -0.25) is 0 Å². The second kappa shape index (κ2) is 7.37. The predicted molar refractivity (Wildman–Crippen MR) is 84.5 cm³/mol. The van der Waals surface area contributed by atoms with Crippen LogP contribution in [0.4, 0.5) is 11.8 Å². The molecular formula is C12H16ClN5OS. The van der Waals surface area contributed by atoms with Crippen molar-refractivity contribution in [3.8, 4) is 0 Å². The van der Waals surface area contributed by atoms with E-state index in [2.05, 4.69) is 32.1 Å². The molecule has 1 aromatic rings. The molecule has 2 N–H and O–H groups in total. The van der Waals surface area contributed by atoms with Crippen LogP contribution in [0.1, 0.15) is 0 Å². The van der Waals surface area contributed by atoms with Crippen LogP contribution in [-0.4, -0.2) is 47.9 Å². The number of thiocarbonyl (C=S) groups is 1. The van der Waals surface area contributed by atoms with E-state index in [1.54, 1.807) is 12.1 Å². The topological polar surface area (TPSA) is 62.3 Å². The molecule has 1 aromatic heterocycles. The van der Waals surface area contributed by atoms with E-state index in [0.717, 1.165) is 18.9 Å². The van der Waals surface area contributed by atoms with Gasteiger partial charge in [0, 0.05) is 25.7 Å². The van der Waals surface area contributed by atoms with E-state index < -0.39 is 0 Å². The number of ether oxygens (including phenoxy) is 1. The fourth-order valence-corrected chi connectivity index (χ4v) is 2.08. The van der Waals surface area contributed by atoms with Crippen LogP contribution in [0.25, 0.3) is 0 Å². The Kier molecular flexibility index (Phi) is 5.51. The van der Waals surface area contributed by atoms with Crippen LogP contribution in [0, 0.1) is 0 Å². The molecule has 108 valence electrons. The number of nitrogens with one attached hydrogen (secondary N) is 2. The Hall–Kier alpha value is -1.44. The van der Waals surface area contributed by atoms with Gasteiger partial charge in [-0.05, 0) is 12.2 Å². The van der Waals surface area contributed by atoms with Crippen molar-refractivity contribution in [3.05, 3.63) is 23.9 Å². The first-order valence-electron chi connectivity index (χ1n) is 6.22. The Balaban J connectivity index is 2.07. The highest BCUT2D eigenvalue weighted by atomic mass is 35.5. The summed E-state index contributed by atoms with van der Waals surface area (Å²) in [7, 11) is 0. The first kappa shape index (κ1) is 15.0. The number of halogens is 1. The van der Waals surface area contributed by atoms with Gasteiger partial charge in [0.05, 0.1) is 13.2 Å². The smallest absolute Gasteiger partial charge is 0.232 e. The van der Waals surface area contributed by atoms with Crippen LogP contribution in [0.2, 0.25) is 5.15 Å². The average Bonchev–Trinajstić information content (AvgIpc) is 2.45. The lowest BCUT2D eigenvalue weighted by Crippen LogP contribution is -2.37. The van der Waals surface area contributed by atoms with Crippen molar-refractivity contribution in [1.29, 1.82) is 0 Å². The lowest BCUT2D eigenvalue weighted by molar-refractivity contribution is 0.122. The maximum atomic E-state index is 6.03. The molecular weight excluding hydrogens is 298 g/mol. The van der Waals surface area contributed by atoms with E-state index >= 15 is 0 Å². The maximum absolute atomic E-state index is 6.03. The van der Waals surface area contributed by atoms with Crippen LogP contribution in [0.5, 0.6) is 0 Å². The Morgan fingerprint density at radius 3 is 2.95 bits per heavy atom. The summed E-state index contributed by atoms with van der Waals surface area (Å²) >= 11 is 11.1. The fraction of sp³-hybridized carbons (Fsp3) is 0.417. The minimum absolute atomic E-state index is 0.371. The van der Waals surface area contributed by atoms with Gasteiger partial charge in [-0.2, -0.15) is 4.98 Å². The summed E-state index contributed by atoms with van der Waals surface area (Å²) in [5.41, 5.74) is 0. The van der Waals surface area contributed by atoms with Crippen molar-refractivity contribution in [2.45, 2.75) is 0 Å². The fourth-order valence-electron chi connectivity index (χ4n) is 1.73. The Morgan fingerprint density at radius 2 is 2.25 bits per heavy atom. The molecule has 6 nitrogen and oxygen atoms in total. The highest BCUT2D eigenvalue weighted by molar-refractivity contribution is 7.80. The van der Waals surface area contributed by atoms with Crippen molar-refractivity contribution in [2.24, 2.45) is 0 Å². The summed E-state index contributed by atoms with van der Waals surface area (Å²) in [5.74, 6) is 1.14. The van der Waals surface area contributed by atoms with E-state index in [-0.39, 0.29) is 0 Å². The molecule has 0 aliphatic carbocycles. The summed E-state index contributed by atoms with van der Waals surface area (Å²) < 4.78 is 5.32. The second-order valence-corrected chi connectivity index (χ2v) is 4.89. The van der Waals surface area contributed by atoms with Gasteiger partial charge in [-0.15, -0.1) is 6.58 Å². The third kappa shape index (κ3) is 4.29. The second-order valence-electron chi connectivity index (χ2n) is 4.10. The molecule has 2 rings (SSSR count). The number of rotatable bonds is 4. The SMILES string of the molecule is C=CCNC(=S)Nc1nc(Cl)cc(N2CCOCC2)n1. The van der Waals surface area contributed by atoms with Crippen LogP contribution >= 0.6 is 23.8 Å². The standard InChI is InChI=1S/C12H16ClN5OS/c1-2-3-14-12(20)17-11-15-9(13)8-10(16-11)18-4-6-19-7-5-18/h2,8H,1,3-7H2,(H2,14,15,16,17,20). The van der Waals surface area contributed by atoms with Gasteiger partial charge in [-0.25, -0.2) is 4.98 Å². The van der Waals surface area contributed by atoms with Crippen molar-refractivity contribution in [3.63, 3.8) is 0 Å². The highest BCUT2D eigenvalue weighted by Gasteiger charge is 2.14. The predicted octanol–water partition coefficient (Wildman–Crippen LogP) is 1.44. The highest BCUT2D eigenvalue weighted by Crippen LogP contribution is 2.19. The summed E-state index contributed by atoms with van der Waals surface area (Å²) in [5, 5.41) is 6.65. The number of aromatic nitrogens is 2. The molecule has 2 heterocycles. The molecule has 1 saturated heterocycles. The van der Waals surface area contributed by atoms with Gasteiger partial charge in [0.1, 0.15) is 11.0 Å². The number of anilines is 2. The van der Waals surface area contributed by atoms with Gasteiger partial charge < -0.3 is 20.3 Å². The number of morpholine rings is 1. The van der Waals surface area contributed by atoms with Gasteiger partial charge >= 0.3 is 0 Å². The average molecular weight is 314 g/mol. The molecule has 0 spiro atoms. The zero-order valence-corrected chi connectivity index (χ0v) is 12.5. The van der Waals surface area contributed by atoms with Crippen molar-refractivity contribution < 1.29 is 4.74 Å². The molecule has 0 radical (unpaired) electrons. The van der Waals surface area contributed by atoms with E-state index in [1.807, 2.05) is 0 Å². The van der Waals surface area contributed by atoms with Crippen LogP contribution in [0.15, 0.2) is 18.7 Å². The maximum Gasteiger partial charge on any atom is 0.232 e. The molecule has 0 unspecified atom stereocenters. The monoisotopic (exact) mass is 313 g/mol. The lowest BCUT2D eigenvalue weighted by atomic mass is 10.4. The summed E-state index contributed by atoms with van der Waals surface area (Å²) in [6.45, 7) is 7.12. The van der Waals surface area contributed by atoms with E-state index in [1.165, 1.54) is 0 Å². The molecule has 0 amide bonds. The quantitative estimate of drug-likeness (QED) is 0.495. The minimum atomic E-state index is 0.371. The summed E-state index contributed by atoms with van der Waals surface area (Å²) in [6.07, 6.45) is 1.71. The van der Waals surface area contributed by atoms with Crippen molar-refractivity contribution >= 4 is 40.7 Å². The van der Waals surface area contributed by atoms with Crippen molar-refractivity contribution in [1.82, 2.24) is 15.3 Å². The minimum Gasteiger partial charge on any atom is -0.378 e. The normalized spacial score (nSPS) is 14.8. The van der Waals surface area contributed by atoms with Crippen LogP contribution in [0.3, 0.4) is 0 Å². The molecule has 1 aliphatic heterocycles. The van der Waals surface area contributed by atoms with E-state index in [4.69, 9.17) is 28.6 Å². The third-order valence-corrected chi connectivity index (χ3v) is 3.09. The Labute approximate surface area is 128 Å². The molecule has 0 atom stereocenters. The number of nitrogens with zero attached hydrogens (tertiary/aromatic N) is 3. The van der Waals surface area contributed by atoms with E-state index in [0.29, 0.717) is 36.0 Å². The van der Waals surface area contributed by atoms with Crippen LogP contribution < -0.4 is 15.5 Å². The molecule has 1 fully saturated rings. The lowest BCUT2D eigenvalue weighted by Gasteiger charge is -2.28. The van der Waals surface area contributed by atoms with Gasteiger partial charge in [-0.1, -0.05) is 17.7 Å². The summed E-state index contributed by atoms with van der Waals surface area (Å²) in [6, 6.07) is 1.73. The van der Waals surface area contributed by atoms with E-state index in [9.17, 15) is 0 Å². The number of hydrogen-bond acceptors (Lipinski definition) is 5. The largest absolute Gasteiger partial charge is 0.378 e. The van der Waals surface area contributed by atoms with Gasteiger partial charge in [0.25, 0.3) is 0 Å². The van der Waals surface area contributed by atoms with Gasteiger partial charge in [0.15, 0.2) is 5.11 Å². The third-order valence-electron chi connectivity index (χ3n) is 2.65. The zero-order valence-electron chi connectivity index (χ0n) is 10.9. The molecule has 20 heavy (non-hydrogen) atoms. The first-order valence-corrected chi connectivity index (χ1v) is 7.00. The first-order chi connectivity index (χ1) is 9.69. The van der Waals surface area contributed by atoms with Crippen molar-refractivity contribution in [2.75, 3.05) is 43.1 Å². The van der Waals surface area contributed by atoms with Gasteiger partial charge in [0.2, 0.25) is 5.95 Å². The van der Waals surface area contributed by atoms with Crippen LogP contribution in [-0.2, 0) is 4.74 Å². The Bertz CT molecular complexity index is 493. The molecule has 0 aromatic carbocycles. The molecule has 1 aliphatic rings. The number of hydrogen-bond donors (Lipinski definition) is 2. The molecule has 8 heteroatoms. The molecule has 0 saturated carbocycles. The Morgan fingerprint density at radius 1 is 1.50 bits per heavy atom. The summed E-state index contributed by atoms with van der Waals surface area (Å²) in [4.78, 5) is 10.6. The zero-order chi connectivity index (χ0) is 14.4.